The van der Waals surface area contributed by atoms with E-state index < -0.39 is 5.97 Å². The molecule has 106 valence electrons. The van der Waals surface area contributed by atoms with Gasteiger partial charge >= 0.3 is 5.97 Å². The van der Waals surface area contributed by atoms with Gasteiger partial charge in [-0.2, -0.15) is 0 Å². The number of carboxylic acids is 1. The van der Waals surface area contributed by atoms with Crippen molar-refractivity contribution in [2.24, 2.45) is 0 Å². The Hall–Kier alpha value is -1.78. The molecule has 0 aliphatic carbocycles. The number of carboxylic acid groups (broad SMARTS) is 1. The first-order valence-electron chi connectivity index (χ1n) is 5.73. The van der Waals surface area contributed by atoms with E-state index in [0.717, 1.165) is 6.08 Å². The third-order valence-corrected chi connectivity index (χ3v) is 3.18. The molecule has 0 bridgehead atoms. The van der Waals surface area contributed by atoms with Gasteiger partial charge in [0.05, 0.1) is 10.0 Å². The van der Waals surface area contributed by atoms with Crippen LogP contribution in [0.1, 0.15) is 12.0 Å². The second kappa shape index (κ2) is 7.72. The molecule has 0 aliphatic rings. The fourth-order valence-corrected chi connectivity index (χ4v) is 1.74. The third-order valence-electron chi connectivity index (χ3n) is 2.44. The van der Waals surface area contributed by atoms with Crippen LogP contribution < -0.4 is 5.32 Å². The predicted octanol–water partition coefficient (Wildman–Crippen LogP) is 3.15. The first-order chi connectivity index (χ1) is 9.43. The first-order valence-corrected chi connectivity index (χ1v) is 6.49. The number of halogens is 2. The van der Waals surface area contributed by atoms with Gasteiger partial charge in [0, 0.05) is 12.1 Å². The molecule has 0 atom stereocenters. The summed E-state index contributed by atoms with van der Waals surface area (Å²) in [7, 11) is 0. The highest BCUT2D eigenvalue weighted by Crippen LogP contribution is 2.24. The zero-order valence-electron chi connectivity index (χ0n) is 10.5. The number of carbonyl (C=O) groups excluding carboxylic acids is 1. The van der Waals surface area contributed by atoms with Crippen molar-refractivity contribution in [2.45, 2.75) is 6.42 Å². The van der Waals surface area contributed by atoms with Crippen LogP contribution in [-0.2, 0) is 9.59 Å². The van der Waals surface area contributed by atoms with E-state index in [9.17, 15) is 9.59 Å². The number of benzene rings is 1. The van der Waals surface area contributed by atoms with Crippen molar-refractivity contribution < 1.29 is 14.7 Å². The van der Waals surface area contributed by atoms with E-state index in [1.165, 1.54) is 6.08 Å². The van der Waals surface area contributed by atoms with Crippen LogP contribution in [0.4, 0.5) is 0 Å². The van der Waals surface area contributed by atoms with Gasteiger partial charge in [0.15, 0.2) is 0 Å². The monoisotopic (exact) mass is 313 g/mol. The summed E-state index contributed by atoms with van der Waals surface area (Å²) in [4.78, 5) is 22.1. The first kappa shape index (κ1) is 16.3. The quantitative estimate of drug-likeness (QED) is 0.793. The van der Waals surface area contributed by atoms with Crippen LogP contribution in [0.15, 0.2) is 36.4 Å². The zero-order chi connectivity index (χ0) is 15.1. The zero-order valence-corrected chi connectivity index (χ0v) is 12.0. The number of aliphatic carboxylic acids is 1. The van der Waals surface area contributed by atoms with Crippen molar-refractivity contribution in [1.82, 2.24) is 5.32 Å². The summed E-state index contributed by atoms with van der Waals surface area (Å²) in [5.74, 6) is -1.40. The Morgan fingerprint density at radius 1 is 1.30 bits per heavy atom. The van der Waals surface area contributed by atoms with Crippen molar-refractivity contribution in [3.63, 3.8) is 0 Å². The van der Waals surface area contributed by atoms with Crippen molar-refractivity contribution in [1.29, 1.82) is 0 Å². The summed E-state index contributed by atoms with van der Waals surface area (Å²) < 4.78 is 0. The van der Waals surface area contributed by atoms with E-state index in [-0.39, 0.29) is 24.4 Å². The molecule has 0 aliphatic heterocycles. The summed E-state index contributed by atoms with van der Waals surface area (Å²) in [6.07, 6.45) is 2.81. The lowest BCUT2D eigenvalue weighted by atomic mass is 10.1. The molecule has 1 aromatic rings. The van der Waals surface area contributed by atoms with Gasteiger partial charge in [0.1, 0.15) is 0 Å². The van der Waals surface area contributed by atoms with E-state index in [0.29, 0.717) is 15.6 Å². The number of hydrogen-bond donors (Lipinski definition) is 2. The average Bonchev–Trinajstić information content (AvgIpc) is 2.41. The minimum Gasteiger partial charge on any atom is -0.478 e. The fraction of sp³-hybridized carbons (Fsp3) is 0.143. The van der Waals surface area contributed by atoms with Crippen LogP contribution in [0, 0.1) is 0 Å². The van der Waals surface area contributed by atoms with Gasteiger partial charge in [-0.25, -0.2) is 4.79 Å². The Balaban J connectivity index is 2.81. The summed E-state index contributed by atoms with van der Waals surface area (Å²) >= 11 is 11.7. The molecule has 4 nitrogen and oxygen atoms in total. The van der Waals surface area contributed by atoms with Gasteiger partial charge in [-0.05, 0) is 36.3 Å². The van der Waals surface area contributed by atoms with E-state index in [4.69, 9.17) is 28.3 Å². The summed E-state index contributed by atoms with van der Waals surface area (Å²) in [6, 6.07) is 4.84. The van der Waals surface area contributed by atoms with Crippen LogP contribution >= 0.6 is 23.2 Å². The van der Waals surface area contributed by atoms with Gasteiger partial charge < -0.3 is 10.4 Å². The lowest BCUT2D eigenvalue weighted by Crippen LogP contribution is -2.23. The minimum atomic E-state index is -1.05. The van der Waals surface area contributed by atoms with Gasteiger partial charge in [-0.15, -0.1) is 0 Å². The molecule has 0 heterocycles. The Morgan fingerprint density at radius 3 is 2.55 bits per heavy atom. The highest BCUT2D eigenvalue weighted by Gasteiger charge is 2.08. The number of nitrogens with one attached hydrogen (secondary N) is 1. The number of hydrogen-bond acceptors (Lipinski definition) is 2. The Labute approximate surface area is 126 Å². The number of carbonyl (C=O) groups is 2. The normalized spacial score (nSPS) is 11.0. The molecule has 1 rings (SSSR count). The summed E-state index contributed by atoms with van der Waals surface area (Å²) in [5.41, 5.74) is 0.791. The number of amides is 1. The molecule has 0 saturated carbocycles. The SMILES string of the molecule is C=CC(=O)NCC/C(=C\c1ccc(Cl)c(Cl)c1)C(=O)O. The molecule has 0 spiro atoms. The van der Waals surface area contributed by atoms with Crippen LogP contribution in [0.3, 0.4) is 0 Å². The molecule has 0 saturated heterocycles. The summed E-state index contributed by atoms with van der Waals surface area (Å²) in [5, 5.41) is 12.4. The van der Waals surface area contributed by atoms with E-state index in [1.54, 1.807) is 18.2 Å². The van der Waals surface area contributed by atoms with Gasteiger partial charge in [-0.1, -0.05) is 35.8 Å². The minimum absolute atomic E-state index is 0.160. The maximum Gasteiger partial charge on any atom is 0.331 e. The molecular weight excluding hydrogens is 301 g/mol. The molecule has 20 heavy (non-hydrogen) atoms. The molecule has 0 fully saturated rings. The molecule has 0 aromatic heterocycles. The lowest BCUT2D eigenvalue weighted by Gasteiger charge is -2.05. The Bertz CT molecular complexity index is 568. The van der Waals surface area contributed by atoms with Crippen LogP contribution in [0.25, 0.3) is 6.08 Å². The largest absolute Gasteiger partial charge is 0.478 e. The number of rotatable bonds is 6. The molecule has 1 amide bonds. The standard InChI is InChI=1S/C14H13Cl2NO3/c1-2-13(18)17-6-5-10(14(19)20)7-9-3-4-11(15)12(16)8-9/h2-4,7-8H,1,5-6H2,(H,17,18)(H,19,20)/b10-7+. The molecule has 6 heteroatoms. The van der Waals surface area contributed by atoms with Gasteiger partial charge in [-0.3, -0.25) is 4.79 Å². The fourth-order valence-electron chi connectivity index (χ4n) is 1.44. The molecular formula is C14H13Cl2NO3. The van der Waals surface area contributed by atoms with Crippen LogP contribution in [-0.4, -0.2) is 23.5 Å². The van der Waals surface area contributed by atoms with Crippen molar-refractivity contribution >= 4 is 41.2 Å². The van der Waals surface area contributed by atoms with Gasteiger partial charge in [0.25, 0.3) is 0 Å². The van der Waals surface area contributed by atoms with E-state index >= 15 is 0 Å². The second-order valence-electron chi connectivity index (χ2n) is 3.89. The molecule has 0 unspecified atom stereocenters. The van der Waals surface area contributed by atoms with E-state index in [1.807, 2.05) is 0 Å². The van der Waals surface area contributed by atoms with Crippen molar-refractivity contribution in [2.75, 3.05) is 6.54 Å². The van der Waals surface area contributed by atoms with Crippen LogP contribution in [0.5, 0.6) is 0 Å². The molecule has 0 radical (unpaired) electrons. The summed E-state index contributed by atoms with van der Waals surface area (Å²) in [6.45, 7) is 3.52. The Kier molecular flexibility index (Phi) is 6.28. The highest BCUT2D eigenvalue weighted by atomic mass is 35.5. The van der Waals surface area contributed by atoms with Crippen LogP contribution in [0.2, 0.25) is 10.0 Å². The molecule has 2 N–H and O–H groups in total. The highest BCUT2D eigenvalue weighted by molar-refractivity contribution is 6.42. The van der Waals surface area contributed by atoms with Crippen molar-refractivity contribution in [3.05, 3.63) is 52.0 Å². The maximum absolute atomic E-state index is 11.1. The average molecular weight is 314 g/mol. The maximum atomic E-state index is 11.1. The van der Waals surface area contributed by atoms with Crippen molar-refractivity contribution in [3.8, 4) is 0 Å². The lowest BCUT2D eigenvalue weighted by molar-refractivity contribution is -0.132. The topological polar surface area (TPSA) is 66.4 Å². The van der Waals surface area contributed by atoms with Gasteiger partial charge in [0.2, 0.25) is 5.91 Å². The smallest absolute Gasteiger partial charge is 0.331 e. The Morgan fingerprint density at radius 2 is 2.00 bits per heavy atom. The second-order valence-corrected chi connectivity index (χ2v) is 4.71. The molecule has 1 aromatic carbocycles. The predicted molar refractivity (Wildman–Crippen MR) is 79.9 cm³/mol. The van der Waals surface area contributed by atoms with E-state index in [2.05, 4.69) is 11.9 Å². The third kappa shape index (κ3) is 5.07.